The Morgan fingerprint density at radius 1 is 1.33 bits per heavy atom. The lowest BCUT2D eigenvalue weighted by atomic mass is 10.1. The van der Waals surface area contributed by atoms with Gasteiger partial charge < -0.3 is 9.63 Å². The third-order valence-electron chi connectivity index (χ3n) is 2.92. The molecule has 0 amide bonds. The van der Waals surface area contributed by atoms with Gasteiger partial charge in [0.1, 0.15) is 0 Å². The van der Waals surface area contributed by atoms with Crippen LogP contribution in [0, 0.1) is 0 Å². The summed E-state index contributed by atoms with van der Waals surface area (Å²) in [5.74, 6) is -1.13. The monoisotopic (exact) mass is 245 g/mol. The third-order valence-corrected chi connectivity index (χ3v) is 2.92. The first-order chi connectivity index (χ1) is 8.72. The van der Waals surface area contributed by atoms with Gasteiger partial charge in [0.15, 0.2) is 0 Å². The van der Waals surface area contributed by atoms with E-state index < -0.39 is 5.97 Å². The van der Waals surface area contributed by atoms with E-state index in [9.17, 15) is 4.79 Å². The largest absolute Gasteiger partial charge is 0.475 e. The molecule has 0 unspecified atom stereocenters. The van der Waals surface area contributed by atoms with Crippen LogP contribution in [0.1, 0.15) is 27.6 Å². The minimum Gasteiger partial charge on any atom is -0.475 e. The summed E-state index contributed by atoms with van der Waals surface area (Å²) in [6.07, 6.45) is 0. The number of carboxylic acids is 1. The van der Waals surface area contributed by atoms with Crippen molar-refractivity contribution in [3.8, 4) is 0 Å². The van der Waals surface area contributed by atoms with Crippen molar-refractivity contribution in [2.24, 2.45) is 0 Å². The number of hydrogen-bond donors (Lipinski definition) is 1. The number of carboxylic acid groups (broad SMARTS) is 1. The van der Waals surface area contributed by atoms with E-state index in [0.717, 1.165) is 13.1 Å². The van der Waals surface area contributed by atoms with Crippen LogP contribution in [0.4, 0.5) is 0 Å². The maximum atomic E-state index is 10.6. The Morgan fingerprint density at radius 3 is 2.56 bits per heavy atom. The Labute approximate surface area is 103 Å². The molecule has 6 nitrogen and oxygen atoms in total. The molecule has 18 heavy (non-hydrogen) atoms. The van der Waals surface area contributed by atoms with Crippen LogP contribution < -0.4 is 0 Å². The third kappa shape index (κ3) is 1.98. The Bertz CT molecular complexity index is 569. The summed E-state index contributed by atoms with van der Waals surface area (Å²) >= 11 is 0. The lowest BCUT2D eigenvalue weighted by Gasteiger charge is -2.10. The highest BCUT2D eigenvalue weighted by Crippen LogP contribution is 2.23. The van der Waals surface area contributed by atoms with Crippen LogP contribution in [0.3, 0.4) is 0 Å². The first kappa shape index (κ1) is 10.9. The second-order valence-electron chi connectivity index (χ2n) is 4.23. The molecule has 2 aromatic rings. The molecule has 0 aliphatic carbocycles. The molecule has 0 saturated heterocycles. The van der Waals surface area contributed by atoms with Crippen molar-refractivity contribution in [3.05, 3.63) is 47.1 Å². The van der Waals surface area contributed by atoms with Crippen LogP contribution in [0.2, 0.25) is 0 Å². The van der Waals surface area contributed by atoms with Gasteiger partial charge in [0.25, 0.3) is 5.82 Å². The number of nitrogens with zero attached hydrogens (tertiary/aromatic N) is 3. The van der Waals surface area contributed by atoms with Gasteiger partial charge in [0.05, 0.1) is 6.54 Å². The van der Waals surface area contributed by atoms with E-state index in [4.69, 9.17) is 9.63 Å². The highest BCUT2D eigenvalue weighted by atomic mass is 16.5. The maximum absolute atomic E-state index is 10.6. The Hall–Kier alpha value is -2.21. The van der Waals surface area contributed by atoms with E-state index in [2.05, 4.69) is 27.2 Å². The van der Waals surface area contributed by atoms with E-state index >= 15 is 0 Å². The Kier molecular flexibility index (Phi) is 2.56. The molecule has 1 aromatic carbocycles. The fraction of sp³-hybridized carbons (Fsp3) is 0.250. The van der Waals surface area contributed by atoms with Crippen LogP contribution in [-0.4, -0.2) is 26.1 Å². The summed E-state index contributed by atoms with van der Waals surface area (Å²) in [4.78, 5) is 16.6. The van der Waals surface area contributed by atoms with Gasteiger partial charge in [0, 0.05) is 13.1 Å². The average molecular weight is 245 g/mol. The number of carbonyl (C=O) groups is 1. The van der Waals surface area contributed by atoms with Gasteiger partial charge in [-0.05, 0) is 16.3 Å². The number of fused-ring (bicyclic) bond motifs is 1. The molecule has 2 heterocycles. The molecule has 1 aromatic heterocycles. The van der Waals surface area contributed by atoms with Crippen molar-refractivity contribution >= 4 is 5.97 Å². The zero-order valence-corrected chi connectivity index (χ0v) is 9.54. The number of aromatic nitrogens is 2. The quantitative estimate of drug-likeness (QED) is 0.877. The first-order valence-corrected chi connectivity index (χ1v) is 5.57. The highest BCUT2D eigenvalue weighted by Gasteiger charge is 2.21. The predicted molar refractivity (Wildman–Crippen MR) is 60.7 cm³/mol. The van der Waals surface area contributed by atoms with Gasteiger partial charge in [0.2, 0.25) is 5.89 Å². The molecule has 1 aliphatic rings. The minimum absolute atomic E-state index is 0.290. The van der Waals surface area contributed by atoms with E-state index in [1.165, 1.54) is 11.1 Å². The van der Waals surface area contributed by atoms with E-state index in [-0.39, 0.29) is 5.82 Å². The van der Waals surface area contributed by atoms with E-state index in [1.807, 2.05) is 12.1 Å². The summed E-state index contributed by atoms with van der Waals surface area (Å²) < 4.78 is 4.90. The molecule has 0 radical (unpaired) electrons. The lowest BCUT2D eigenvalue weighted by molar-refractivity contribution is 0.0680. The van der Waals surface area contributed by atoms with Gasteiger partial charge in [-0.25, -0.2) is 4.79 Å². The van der Waals surface area contributed by atoms with Crippen molar-refractivity contribution in [1.82, 2.24) is 15.0 Å². The number of rotatable bonds is 3. The number of aromatic carboxylic acids is 1. The molecule has 0 atom stereocenters. The second kappa shape index (κ2) is 4.23. The summed E-state index contributed by atoms with van der Waals surface area (Å²) in [7, 11) is 0. The maximum Gasteiger partial charge on any atom is 0.377 e. The van der Waals surface area contributed by atoms with Crippen LogP contribution >= 0.6 is 0 Å². The van der Waals surface area contributed by atoms with Gasteiger partial charge in [-0.15, -0.1) is 0 Å². The van der Waals surface area contributed by atoms with Gasteiger partial charge in [-0.3, -0.25) is 4.90 Å². The van der Waals surface area contributed by atoms with Crippen molar-refractivity contribution in [3.63, 3.8) is 0 Å². The van der Waals surface area contributed by atoms with Gasteiger partial charge >= 0.3 is 5.97 Å². The van der Waals surface area contributed by atoms with Crippen LogP contribution in [0.15, 0.2) is 28.8 Å². The topological polar surface area (TPSA) is 79.5 Å². The van der Waals surface area contributed by atoms with Crippen molar-refractivity contribution in [2.75, 3.05) is 0 Å². The molecule has 3 rings (SSSR count). The Balaban J connectivity index is 1.70. The van der Waals surface area contributed by atoms with Gasteiger partial charge in [-0.1, -0.05) is 24.3 Å². The minimum atomic E-state index is -1.17. The summed E-state index contributed by atoms with van der Waals surface area (Å²) in [6.45, 7) is 2.11. The molecule has 0 spiro atoms. The van der Waals surface area contributed by atoms with Crippen LogP contribution in [0.25, 0.3) is 0 Å². The molecule has 1 aliphatic heterocycles. The smallest absolute Gasteiger partial charge is 0.377 e. The predicted octanol–water partition coefficient (Wildman–Crippen LogP) is 1.28. The molecular weight excluding hydrogens is 234 g/mol. The zero-order chi connectivity index (χ0) is 12.5. The number of hydrogen-bond acceptors (Lipinski definition) is 5. The van der Waals surface area contributed by atoms with E-state index in [0.29, 0.717) is 12.4 Å². The van der Waals surface area contributed by atoms with Gasteiger partial charge in [-0.2, -0.15) is 4.98 Å². The summed E-state index contributed by atoms with van der Waals surface area (Å²) in [5, 5.41) is 12.1. The second-order valence-corrected chi connectivity index (χ2v) is 4.23. The first-order valence-electron chi connectivity index (χ1n) is 5.57. The SMILES string of the molecule is O=C(O)c1noc(CN2Cc3ccccc3C2)n1. The van der Waals surface area contributed by atoms with E-state index in [1.54, 1.807) is 0 Å². The molecule has 6 heteroatoms. The average Bonchev–Trinajstić information content (AvgIpc) is 2.94. The van der Waals surface area contributed by atoms with Crippen molar-refractivity contribution in [1.29, 1.82) is 0 Å². The summed E-state index contributed by atoms with van der Waals surface area (Å²) in [5.41, 5.74) is 2.57. The van der Waals surface area contributed by atoms with Crippen molar-refractivity contribution < 1.29 is 14.4 Å². The number of benzene rings is 1. The fourth-order valence-corrected chi connectivity index (χ4v) is 2.11. The Morgan fingerprint density at radius 2 is 2.00 bits per heavy atom. The molecule has 92 valence electrons. The normalized spacial score (nSPS) is 14.7. The molecular formula is C12H11N3O3. The molecule has 0 fully saturated rings. The summed E-state index contributed by atoms with van der Waals surface area (Å²) in [6, 6.07) is 8.20. The lowest BCUT2D eigenvalue weighted by Crippen LogP contribution is -2.16. The standard InChI is InChI=1S/C12H11N3O3/c16-12(17)11-13-10(18-14-11)7-15-5-8-3-1-2-4-9(8)6-15/h1-4H,5-7H2,(H,16,17). The van der Waals surface area contributed by atoms with Crippen LogP contribution in [0.5, 0.6) is 0 Å². The highest BCUT2D eigenvalue weighted by molar-refractivity contribution is 5.82. The van der Waals surface area contributed by atoms with Crippen molar-refractivity contribution in [2.45, 2.75) is 19.6 Å². The molecule has 1 N–H and O–H groups in total. The molecule has 0 bridgehead atoms. The van der Waals surface area contributed by atoms with Crippen LogP contribution in [-0.2, 0) is 19.6 Å². The fourth-order valence-electron chi connectivity index (χ4n) is 2.11. The zero-order valence-electron chi connectivity index (χ0n) is 9.54. The molecule has 0 saturated carbocycles.